The van der Waals surface area contributed by atoms with Gasteiger partial charge in [0.15, 0.2) is 0 Å². The fraction of sp³-hybridized carbons (Fsp3) is 0.278. The molecular formula is C18H22N2O2. The lowest BCUT2D eigenvalue weighted by Gasteiger charge is -2.11. The maximum Gasteiger partial charge on any atom is 0.255 e. The van der Waals surface area contributed by atoms with E-state index in [1.165, 1.54) is 0 Å². The summed E-state index contributed by atoms with van der Waals surface area (Å²) in [6, 6.07) is 12.5. The number of nitrogens with two attached hydrogens (primary N) is 1. The lowest BCUT2D eigenvalue weighted by atomic mass is 10.1. The predicted molar refractivity (Wildman–Crippen MR) is 90.4 cm³/mol. The lowest BCUT2D eigenvalue weighted by Crippen LogP contribution is -2.12. The number of amides is 1. The van der Waals surface area contributed by atoms with E-state index in [1.54, 1.807) is 24.3 Å². The zero-order valence-electron chi connectivity index (χ0n) is 13.1. The Labute approximate surface area is 131 Å². The molecule has 0 aliphatic carbocycles. The molecule has 3 N–H and O–H groups in total. The first-order valence-electron chi connectivity index (χ1n) is 7.50. The second-order valence-corrected chi connectivity index (χ2v) is 5.25. The number of carbonyl (C=O) groups excluding carboxylic acids is 1. The van der Waals surface area contributed by atoms with Crippen LogP contribution in [-0.2, 0) is 0 Å². The molecule has 0 spiro atoms. The highest BCUT2D eigenvalue weighted by molar-refractivity contribution is 6.04. The number of aryl methyl sites for hydroxylation is 1. The summed E-state index contributed by atoms with van der Waals surface area (Å²) in [7, 11) is 0. The molecule has 0 aliphatic heterocycles. The molecule has 2 rings (SSSR count). The minimum Gasteiger partial charge on any atom is -0.494 e. The minimum atomic E-state index is -0.150. The number of ether oxygens (including phenoxy) is 1. The highest BCUT2D eigenvalue weighted by Gasteiger charge is 2.08. The fourth-order valence-electron chi connectivity index (χ4n) is 2.03. The van der Waals surface area contributed by atoms with Gasteiger partial charge in [-0.1, -0.05) is 13.3 Å². The first kappa shape index (κ1) is 15.9. The van der Waals surface area contributed by atoms with Gasteiger partial charge >= 0.3 is 0 Å². The third-order valence-corrected chi connectivity index (χ3v) is 3.39. The van der Waals surface area contributed by atoms with Crippen molar-refractivity contribution in [2.24, 2.45) is 0 Å². The Morgan fingerprint density at radius 2 is 1.91 bits per heavy atom. The molecule has 4 heteroatoms. The molecule has 22 heavy (non-hydrogen) atoms. The van der Waals surface area contributed by atoms with Gasteiger partial charge in [-0.3, -0.25) is 4.79 Å². The van der Waals surface area contributed by atoms with E-state index in [9.17, 15) is 4.79 Å². The molecule has 4 nitrogen and oxygen atoms in total. The maximum atomic E-state index is 12.2. The first-order valence-corrected chi connectivity index (χ1v) is 7.50. The molecule has 0 fully saturated rings. The van der Waals surface area contributed by atoms with E-state index < -0.39 is 0 Å². The van der Waals surface area contributed by atoms with Gasteiger partial charge in [0, 0.05) is 16.9 Å². The van der Waals surface area contributed by atoms with Gasteiger partial charge < -0.3 is 15.8 Å². The van der Waals surface area contributed by atoms with Crippen LogP contribution in [0.1, 0.15) is 35.7 Å². The standard InChI is InChI=1S/C18H22N2O2/c1-3-4-11-22-16-9-10-17(13(2)12-16)20-18(21)14-5-7-15(19)8-6-14/h5-10,12H,3-4,11,19H2,1-2H3,(H,20,21). The van der Waals surface area contributed by atoms with E-state index in [2.05, 4.69) is 12.2 Å². The second kappa shape index (κ2) is 7.50. The quantitative estimate of drug-likeness (QED) is 0.625. The van der Waals surface area contributed by atoms with E-state index in [1.807, 2.05) is 25.1 Å². The Morgan fingerprint density at radius 3 is 2.55 bits per heavy atom. The average Bonchev–Trinajstić information content (AvgIpc) is 2.51. The summed E-state index contributed by atoms with van der Waals surface area (Å²) in [5, 5.41) is 2.91. The Hall–Kier alpha value is -2.49. The fourth-order valence-corrected chi connectivity index (χ4v) is 2.03. The van der Waals surface area contributed by atoms with Gasteiger partial charge in [0.25, 0.3) is 5.91 Å². The van der Waals surface area contributed by atoms with Gasteiger partial charge in [0.1, 0.15) is 5.75 Å². The number of unbranched alkanes of at least 4 members (excludes halogenated alkanes) is 1. The van der Waals surface area contributed by atoms with Crippen molar-refractivity contribution in [3.05, 3.63) is 53.6 Å². The Bertz CT molecular complexity index is 636. The Kier molecular flexibility index (Phi) is 5.42. The molecule has 1 amide bonds. The Morgan fingerprint density at radius 1 is 1.18 bits per heavy atom. The number of hydrogen-bond acceptors (Lipinski definition) is 3. The van der Waals surface area contributed by atoms with Crippen molar-refractivity contribution in [1.82, 2.24) is 0 Å². The smallest absolute Gasteiger partial charge is 0.255 e. The number of hydrogen-bond donors (Lipinski definition) is 2. The normalized spacial score (nSPS) is 10.3. The summed E-state index contributed by atoms with van der Waals surface area (Å²) < 4.78 is 5.66. The monoisotopic (exact) mass is 298 g/mol. The van der Waals surface area contributed by atoms with Gasteiger partial charge in [-0.15, -0.1) is 0 Å². The lowest BCUT2D eigenvalue weighted by molar-refractivity contribution is 0.102. The van der Waals surface area contributed by atoms with Crippen LogP contribution in [0.2, 0.25) is 0 Å². The molecule has 0 saturated heterocycles. The van der Waals surface area contributed by atoms with Gasteiger partial charge in [0.05, 0.1) is 6.61 Å². The summed E-state index contributed by atoms with van der Waals surface area (Å²) in [6.07, 6.45) is 2.14. The average molecular weight is 298 g/mol. The van der Waals surface area contributed by atoms with Gasteiger partial charge in [-0.05, 0) is 61.4 Å². The zero-order chi connectivity index (χ0) is 15.9. The largest absolute Gasteiger partial charge is 0.494 e. The molecular weight excluding hydrogens is 276 g/mol. The molecule has 0 unspecified atom stereocenters. The van der Waals surface area contributed by atoms with Gasteiger partial charge in [-0.25, -0.2) is 0 Å². The molecule has 2 aromatic carbocycles. The molecule has 0 heterocycles. The third kappa shape index (κ3) is 4.25. The third-order valence-electron chi connectivity index (χ3n) is 3.39. The van der Waals surface area contributed by atoms with Gasteiger partial charge in [0.2, 0.25) is 0 Å². The SMILES string of the molecule is CCCCOc1ccc(NC(=O)c2ccc(N)cc2)c(C)c1. The Balaban J connectivity index is 2.03. The van der Waals surface area contributed by atoms with Crippen LogP contribution in [0.4, 0.5) is 11.4 Å². The van der Waals surface area contributed by atoms with Crippen LogP contribution in [0.25, 0.3) is 0 Å². The van der Waals surface area contributed by atoms with Crippen molar-refractivity contribution in [1.29, 1.82) is 0 Å². The molecule has 0 atom stereocenters. The number of rotatable bonds is 6. The van der Waals surface area contributed by atoms with Crippen molar-refractivity contribution in [2.75, 3.05) is 17.7 Å². The van der Waals surface area contributed by atoms with Crippen molar-refractivity contribution < 1.29 is 9.53 Å². The predicted octanol–water partition coefficient (Wildman–Crippen LogP) is 4.01. The van der Waals surface area contributed by atoms with Crippen LogP contribution in [0, 0.1) is 6.92 Å². The summed E-state index contributed by atoms with van der Waals surface area (Å²) in [6.45, 7) is 4.79. The van der Waals surface area contributed by atoms with Crippen molar-refractivity contribution >= 4 is 17.3 Å². The summed E-state index contributed by atoms with van der Waals surface area (Å²) in [4.78, 5) is 12.2. The second-order valence-electron chi connectivity index (χ2n) is 5.25. The van der Waals surface area contributed by atoms with Crippen LogP contribution >= 0.6 is 0 Å². The summed E-state index contributed by atoms with van der Waals surface area (Å²) in [5.41, 5.74) is 8.60. The molecule has 0 radical (unpaired) electrons. The van der Waals surface area contributed by atoms with Crippen LogP contribution in [-0.4, -0.2) is 12.5 Å². The number of carbonyl (C=O) groups is 1. The topological polar surface area (TPSA) is 64.3 Å². The summed E-state index contributed by atoms with van der Waals surface area (Å²) in [5.74, 6) is 0.680. The number of benzene rings is 2. The van der Waals surface area contributed by atoms with Crippen LogP contribution in [0.15, 0.2) is 42.5 Å². The zero-order valence-corrected chi connectivity index (χ0v) is 13.1. The van der Waals surface area contributed by atoms with Gasteiger partial charge in [-0.2, -0.15) is 0 Å². The number of nitrogen functional groups attached to an aromatic ring is 1. The highest BCUT2D eigenvalue weighted by atomic mass is 16.5. The van der Waals surface area contributed by atoms with E-state index in [-0.39, 0.29) is 5.91 Å². The molecule has 0 saturated carbocycles. The molecule has 2 aromatic rings. The minimum absolute atomic E-state index is 0.150. The number of anilines is 2. The van der Waals surface area contributed by atoms with E-state index in [4.69, 9.17) is 10.5 Å². The van der Waals surface area contributed by atoms with E-state index in [0.717, 1.165) is 29.8 Å². The number of nitrogens with one attached hydrogen (secondary N) is 1. The van der Waals surface area contributed by atoms with E-state index >= 15 is 0 Å². The summed E-state index contributed by atoms with van der Waals surface area (Å²) >= 11 is 0. The van der Waals surface area contributed by atoms with Crippen LogP contribution in [0.3, 0.4) is 0 Å². The first-order chi connectivity index (χ1) is 10.6. The molecule has 116 valence electrons. The molecule has 0 bridgehead atoms. The van der Waals surface area contributed by atoms with Crippen molar-refractivity contribution in [2.45, 2.75) is 26.7 Å². The van der Waals surface area contributed by atoms with Crippen LogP contribution in [0.5, 0.6) is 5.75 Å². The highest BCUT2D eigenvalue weighted by Crippen LogP contribution is 2.22. The van der Waals surface area contributed by atoms with Crippen LogP contribution < -0.4 is 15.8 Å². The van der Waals surface area contributed by atoms with Crippen molar-refractivity contribution in [3.8, 4) is 5.75 Å². The molecule has 0 aliphatic rings. The maximum absolute atomic E-state index is 12.2. The van der Waals surface area contributed by atoms with E-state index in [0.29, 0.717) is 17.9 Å². The molecule has 0 aromatic heterocycles. The van der Waals surface area contributed by atoms with Crippen molar-refractivity contribution in [3.63, 3.8) is 0 Å².